The Morgan fingerprint density at radius 3 is 2.75 bits per heavy atom. The normalized spacial score (nSPS) is 11.2. The summed E-state index contributed by atoms with van der Waals surface area (Å²) < 4.78 is 0. The molecule has 0 radical (unpaired) electrons. The number of rotatable bonds is 4. The topological polar surface area (TPSA) is 49.3 Å². The summed E-state index contributed by atoms with van der Waals surface area (Å²) in [7, 11) is 0. The minimum atomic E-state index is -0.885. The number of hydrogen-bond donors (Lipinski definition) is 2. The summed E-state index contributed by atoms with van der Waals surface area (Å²) in [6.45, 7) is 3.53. The molecule has 2 N–H and O–H groups in total. The number of nitrogens with one attached hydrogen (secondary N) is 1. The minimum absolute atomic E-state index is 0.121. The van der Waals surface area contributed by atoms with Crippen LogP contribution in [0.25, 0.3) is 0 Å². The molecule has 0 aliphatic heterocycles. The summed E-state index contributed by atoms with van der Waals surface area (Å²) in [4.78, 5) is 11.5. The van der Waals surface area contributed by atoms with E-state index in [9.17, 15) is 9.90 Å². The molecule has 0 unspecified atom stereocenters. The van der Waals surface area contributed by atoms with E-state index < -0.39 is 5.60 Å². The van der Waals surface area contributed by atoms with Crippen LogP contribution in [0.2, 0.25) is 5.02 Å². The summed E-state index contributed by atoms with van der Waals surface area (Å²) in [6, 6.07) is 7.17. The van der Waals surface area contributed by atoms with E-state index in [0.717, 1.165) is 5.56 Å². The van der Waals surface area contributed by atoms with E-state index in [-0.39, 0.29) is 18.9 Å². The molecule has 0 aliphatic carbocycles. The smallest absolute Gasteiger partial charge is 0.224 e. The van der Waals surface area contributed by atoms with Gasteiger partial charge in [-0.2, -0.15) is 0 Å². The van der Waals surface area contributed by atoms with Crippen molar-refractivity contribution in [2.45, 2.75) is 25.9 Å². The zero-order chi connectivity index (χ0) is 12.2. The number of hydrogen-bond acceptors (Lipinski definition) is 2. The van der Waals surface area contributed by atoms with Crippen LogP contribution in [0.4, 0.5) is 0 Å². The van der Waals surface area contributed by atoms with Crippen LogP contribution in [0, 0.1) is 0 Å². The van der Waals surface area contributed by atoms with Crippen LogP contribution in [0.5, 0.6) is 0 Å². The van der Waals surface area contributed by atoms with Crippen LogP contribution in [0.3, 0.4) is 0 Å². The van der Waals surface area contributed by atoms with Gasteiger partial charge in [-0.3, -0.25) is 4.79 Å². The first-order valence-electron chi connectivity index (χ1n) is 5.10. The number of amides is 1. The standard InChI is InChI=1S/C12H16ClNO2/c1-12(2,16)8-14-11(15)7-9-4-3-5-10(13)6-9/h3-6,16H,7-8H2,1-2H3,(H,14,15). The molecule has 16 heavy (non-hydrogen) atoms. The number of carbonyl (C=O) groups excluding carboxylic acids is 1. The van der Waals surface area contributed by atoms with Gasteiger partial charge in [0.25, 0.3) is 0 Å². The van der Waals surface area contributed by atoms with Gasteiger partial charge in [0.2, 0.25) is 5.91 Å². The molecule has 0 spiro atoms. The summed E-state index contributed by atoms with van der Waals surface area (Å²) in [5, 5.41) is 12.7. The third kappa shape index (κ3) is 5.14. The summed E-state index contributed by atoms with van der Waals surface area (Å²) in [5.41, 5.74) is -0.0231. The molecule has 4 heteroatoms. The third-order valence-corrected chi connectivity index (χ3v) is 2.21. The van der Waals surface area contributed by atoms with Crippen LogP contribution in [-0.2, 0) is 11.2 Å². The molecule has 0 bridgehead atoms. The first-order valence-corrected chi connectivity index (χ1v) is 5.48. The quantitative estimate of drug-likeness (QED) is 0.844. The second kappa shape index (κ2) is 5.32. The van der Waals surface area contributed by atoms with Gasteiger partial charge in [-0.1, -0.05) is 23.7 Å². The minimum Gasteiger partial charge on any atom is -0.389 e. The van der Waals surface area contributed by atoms with Gasteiger partial charge in [-0.25, -0.2) is 0 Å². The van der Waals surface area contributed by atoms with E-state index in [2.05, 4.69) is 5.32 Å². The lowest BCUT2D eigenvalue weighted by molar-refractivity contribution is -0.121. The predicted molar refractivity (Wildman–Crippen MR) is 64.5 cm³/mol. The van der Waals surface area contributed by atoms with E-state index in [1.54, 1.807) is 32.0 Å². The fourth-order valence-electron chi connectivity index (χ4n) is 1.21. The highest BCUT2D eigenvalue weighted by molar-refractivity contribution is 6.30. The van der Waals surface area contributed by atoms with Crippen LogP contribution < -0.4 is 5.32 Å². The highest BCUT2D eigenvalue weighted by Gasteiger charge is 2.13. The highest BCUT2D eigenvalue weighted by Crippen LogP contribution is 2.11. The molecule has 0 atom stereocenters. The van der Waals surface area contributed by atoms with E-state index in [1.165, 1.54) is 0 Å². The Bertz CT molecular complexity index is 372. The molecular weight excluding hydrogens is 226 g/mol. The van der Waals surface area contributed by atoms with Crippen molar-refractivity contribution in [2.75, 3.05) is 6.54 Å². The lowest BCUT2D eigenvalue weighted by atomic mass is 10.1. The first kappa shape index (κ1) is 13.0. The molecule has 0 fully saturated rings. The lowest BCUT2D eigenvalue weighted by Crippen LogP contribution is -2.38. The van der Waals surface area contributed by atoms with Crippen molar-refractivity contribution in [2.24, 2.45) is 0 Å². The van der Waals surface area contributed by atoms with Crippen LogP contribution >= 0.6 is 11.6 Å². The van der Waals surface area contributed by atoms with E-state index >= 15 is 0 Å². The van der Waals surface area contributed by atoms with Crippen LogP contribution in [-0.4, -0.2) is 23.2 Å². The molecule has 0 aliphatic rings. The van der Waals surface area contributed by atoms with Gasteiger partial charge in [0.05, 0.1) is 12.0 Å². The average Bonchev–Trinajstić information content (AvgIpc) is 2.14. The van der Waals surface area contributed by atoms with Gasteiger partial charge < -0.3 is 10.4 Å². The maximum absolute atomic E-state index is 11.5. The second-order valence-electron chi connectivity index (χ2n) is 4.40. The summed E-state index contributed by atoms with van der Waals surface area (Å²) in [5.74, 6) is -0.121. The molecule has 0 aromatic heterocycles. The number of carbonyl (C=O) groups is 1. The maximum Gasteiger partial charge on any atom is 0.224 e. The van der Waals surface area contributed by atoms with Crippen molar-refractivity contribution in [3.05, 3.63) is 34.9 Å². The van der Waals surface area contributed by atoms with E-state index in [0.29, 0.717) is 5.02 Å². The Balaban J connectivity index is 2.46. The summed E-state index contributed by atoms with van der Waals surface area (Å²) in [6.07, 6.45) is 0.274. The van der Waals surface area contributed by atoms with Crippen molar-refractivity contribution in [3.8, 4) is 0 Å². The van der Waals surface area contributed by atoms with E-state index in [4.69, 9.17) is 11.6 Å². The van der Waals surface area contributed by atoms with Gasteiger partial charge in [0, 0.05) is 11.6 Å². The highest BCUT2D eigenvalue weighted by atomic mass is 35.5. The molecule has 1 amide bonds. The second-order valence-corrected chi connectivity index (χ2v) is 4.83. The number of benzene rings is 1. The molecule has 1 aromatic carbocycles. The Kier molecular flexibility index (Phi) is 4.33. The van der Waals surface area contributed by atoms with Gasteiger partial charge in [0.15, 0.2) is 0 Å². The largest absolute Gasteiger partial charge is 0.389 e. The molecule has 3 nitrogen and oxygen atoms in total. The molecule has 0 saturated carbocycles. The number of aliphatic hydroxyl groups is 1. The molecule has 1 aromatic rings. The molecule has 88 valence electrons. The molecule has 0 saturated heterocycles. The Labute approximate surface area is 100 Å². The van der Waals surface area contributed by atoms with Gasteiger partial charge in [0.1, 0.15) is 0 Å². The van der Waals surface area contributed by atoms with Crippen molar-refractivity contribution in [1.29, 1.82) is 0 Å². The SMILES string of the molecule is CC(C)(O)CNC(=O)Cc1cccc(Cl)c1. The monoisotopic (exact) mass is 241 g/mol. The average molecular weight is 242 g/mol. The van der Waals surface area contributed by atoms with E-state index in [1.807, 2.05) is 6.07 Å². The first-order chi connectivity index (χ1) is 7.37. The van der Waals surface area contributed by atoms with Crippen molar-refractivity contribution in [3.63, 3.8) is 0 Å². The third-order valence-electron chi connectivity index (χ3n) is 1.97. The van der Waals surface area contributed by atoms with Gasteiger partial charge >= 0.3 is 0 Å². The Hall–Kier alpha value is -1.06. The summed E-state index contributed by atoms with van der Waals surface area (Å²) >= 11 is 5.81. The Morgan fingerprint density at radius 2 is 2.19 bits per heavy atom. The fraction of sp³-hybridized carbons (Fsp3) is 0.417. The zero-order valence-corrected chi connectivity index (χ0v) is 10.2. The fourth-order valence-corrected chi connectivity index (χ4v) is 1.42. The van der Waals surface area contributed by atoms with Crippen LogP contribution in [0.1, 0.15) is 19.4 Å². The number of halogens is 1. The van der Waals surface area contributed by atoms with Crippen LogP contribution in [0.15, 0.2) is 24.3 Å². The molecular formula is C12H16ClNO2. The van der Waals surface area contributed by atoms with Crippen molar-refractivity contribution in [1.82, 2.24) is 5.32 Å². The van der Waals surface area contributed by atoms with Gasteiger partial charge in [-0.15, -0.1) is 0 Å². The lowest BCUT2D eigenvalue weighted by Gasteiger charge is -2.17. The maximum atomic E-state index is 11.5. The Morgan fingerprint density at radius 1 is 1.50 bits per heavy atom. The molecule has 0 heterocycles. The predicted octanol–water partition coefficient (Wildman–Crippen LogP) is 1.77. The zero-order valence-electron chi connectivity index (χ0n) is 9.46. The van der Waals surface area contributed by atoms with Gasteiger partial charge in [-0.05, 0) is 31.5 Å². The van der Waals surface area contributed by atoms with Crippen molar-refractivity contribution < 1.29 is 9.90 Å². The molecule has 1 rings (SSSR count). The van der Waals surface area contributed by atoms with Crippen molar-refractivity contribution >= 4 is 17.5 Å².